The summed E-state index contributed by atoms with van der Waals surface area (Å²) in [6.07, 6.45) is 4.85. The van der Waals surface area contributed by atoms with Crippen LogP contribution in [-0.4, -0.2) is 14.5 Å². The first-order chi connectivity index (χ1) is 25.4. The van der Waals surface area contributed by atoms with Gasteiger partial charge in [-0.2, -0.15) is 0 Å². The van der Waals surface area contributed by atoms with Gasteiger partial charge >= 0.3 is 0 Å². The Morgan fingerprint density at radius 1 is 0.635 bits per heavy atom. The molecule has 0 bridgehead atoms. The summed E-state index contributed by atoms with van der Waals surface area (Å²) in [5.74, 6) is 0.928. The Labute approximate surface area is 301 Å². The summed E-state index contributed by atoms with van der Waals surface area (Å²) < 4.78 is 8.88. The van der Waals surface area contributed by atoms with E-state index in [4.69, 9.17) is 14.4 Å². The standard InChI is InChI=1S/C48H35N3O/c1-47(2)43-35(24-25-40-42(43)34-20-9-12-23-39(34)52-40)48(3)27-26-38-41(45(47)48)33-19-8-11-22-37(33)51(38)31-17-13-16-30(28-31)46-49-36-21-10-7-18-32(36)44(50-46)29-14-5-4-6-15-29/h4-28,45H,1-3H3. The summed E-state index contributed by atoms with van der Waals surface area (Å²) in [5, 5.41) is 4.80. The third-order valence-corrected chi connectivity index (χ3v) is 11.9. The number of fused-ring (bicyclic) bond motifs is 12. The van der Waals surface area contributed by atoms with Gasteiger partial charge in [0.2, 0.25) is 0 Å². The van der Waals surface area contributed by atoms with E-state index < -0.39 is 0 Å². The van der Waals surface area contributed by atoms with E-state index in [1.807, 2.05) is 12.1 Å². The number of para-hydroxylation sites is 3. The Hall–Kier alpha value is -6.26. The van der Waals surface area contributed by atoms with Crippen molar-refractivity contribution in [3.8, 4) is 28.3 Å². The molecule has 0 amide bonds. The van der Waals surface area contributed by atoms with Gasteiger partial charge in [-0.25, -0.2) is 9.97 Å². The second-order valence-corrected chi connectivity index (χ2v) is 15.2. The van der Waals surface area contributed by atoms with Crippen molar-refractivity contribution in [1.29, 1.82) is 0 Å². The van der Waals surface area contributed by atoms with Crippen molar-refractivity contribution in [3.05, 3.63) is 168 Å². The molecule has 0 saturated carbocycles. The van der Waals surface area contributed by atoms with Gasteiger partial charge in [0.25, 0.3) is 0 Å². The van der Waals surface area contributed by atoms with Crippen molar-refractivity contribution in [2.75, 3.05) is 0 Å². The van der Waals surface area contributed by atoms with Gasteiger partial charge in [-0.05, 0) is 64.6 Å². The molecule has 2 aliphatic rings. The highest BCUT2D eigenvalue weighted by atomic mass is 16.3. The first-order valence-electron chi connectivity index (χ1n) is 18.1. The molecule has 9 aromatic rings. The molecule has 0 fully saturated rings. The summed E-state index contributed by atoms with van der Waals surface area (Å²) >= 11 is 0. The van der Waals surface area contributed by atoms with E-state index >= 15 is 0 Å². The highest BCUT2D eigenvalue weighted by Crippen LogP contribution is 2.65. The van der Waals surface area contributed by atoms with E-state index in [0.29, 0.717) is 0 Å². The molecule has 0 radical (unpaired) electrons. The SMILES string of the molecule is CC1(C)c2c(ccc3oc4ccccc4c23)C2(C)C=Cc3c(c4ccccc4n3-c3cccc(-c4nc(-c5ccccc5)c5ccccc5n4)c3)C12. The molecule has 248 valence electrons. The maximum Gasteiger partial charge on any atom is 0.160 e. The maximum atomic E-state index is 6.43. The van der Waals surface area contributed by atoms with Crippen LogP contribution in [0.15, 0.2) is 150 Å². The van der Waals surface area contributed by atoms with Crippen LogP contribution in [0, 0.1) is 0 Å². The van der Waals surface area contributed by atoms with Crippen LogP contribution < -0.4 is 0 Å². The third-order valence-electron chi connectivity index (χ3n) is 11.9. The lowest BCUT2D eigenvalue weighted by molar-refractivity contribution is 0.358. The van der Waals surface area contributed by atoms with Gasteiger partial charge in [0.05, 0.1) is 22.4 Å². The molecular weight excluding hydrogens is 635 g/mol. The fraction of sp³-hybridized carbons (Fsp3) is 0.125. The van der Waals surface area contributed by atoms with Crippen molar-refractivity contribution in [3.63, 3.8) is 0 Å². The number of furan rings is 1. The molecule has 4 heteroatoms. The molecule has 2 aliphatic carbocycles. The number of nitrogens with zero attached hydrogens (tertiary/aromatic N) is 3. The topological polar surface area (TPSA) is 43.9 Å². The van der Waals surface area contributed by atoms with E-state index in [1.165, 1.54) is 44.1 Å². The van der Waals surface area contributed by atoms with Gasteiger partial charge in [-0.3, -0.25) is 0 Å². The number of allylic oxidation sites excluding steroid dienone is 1. The second-order valence-electron chi connectivity index (χ2n) is 15.2. The average molecular weight is 670 g/mol. The van der Waals surface area contributed by atoms with Crippen molar-refractivity contribution in [2.24, 2.45) is 0 Å². The third kappa shape index (κ3) is 3.87. The lowest BCUT2D eigenvalue weighted by Crippen LogP contribution is -2.34. The van der Waals surface area contributed by atoms with Gasteiger partial charge < -0.3 is 8.98 Å². The molecule has 0 aliphatic heterocycles. The summed E-state index contributed by atoms with van der Waals surface area (Å²) in [6.45, 7) is 7.33. The minimum absolute atomic E-state index is 0.181. The fourth-order valence-electron chi connectivity index (χ4n) is 9.92. The Balaban J connectivity index is 1.12. The van der Waals surface area contributed by atoms with Crippen LogP contribution in [-0.2, 0) is 10.8 Å². The van der Waals surface area contributed by atoms with Gasteiger partial charge in [-0.15, -0.1) is 0 Å². The molecule has 0 spiro atoms. The number of benzene rings is 6. The molecule has 2 atom stereocenters. The van der Waals surface area contributed by atoms with E-state index in [2.05, 4.69) is 165 Å². The minimum Gasteiger partial charge on any atom is -0.456 e. The molecule has 2 unspecified atom stereocenters. The number of hydrogen-bond acceptors (Lipinski definition) is 3. The molecule has 0 N–H and O–H groups in total. The van der Waals surface area contributed by atoms with Crippen LogP contribution >= 0.6 is 0 Å². The Morgan fingerprint density at radius 2 is 1.37 bits per heavy atom. The lowest BCUT2D eigenvalue weighted by atomic mass is 9.63. The monoisotopic (exact) mass is 669 g/mol. The van der Waals surface area contributed by atoms with Crippen LogP contribution in [0.2, 0.25) is 0 Å². The highest BCUT2D eigenvalue weighted by Gasteiger charge is 2.56. The molecular formula is C48H35N3O. The zero-order chi connectivity index (χ0) is 34.8. The molecule has 11 rings (SSSR count). The Morgan fingerprint density at radius 3 is 2.23 bits per heavy atom. The average Bonchev–Trinajstić information content (AvgIpc) is 3.78. The van der Waals surface area contributed by atoms with Crippen molar-refractivity contribution >= 4 is 49.8 Å². The summed E-state index contributed by atoms with van der Waals surface area (Å²) in [7, 11) is 0. The van der Waals surface area contributed by atoms with Crippen LogP contribution in [0.4, 0.5) is 0 Å². The van der Waals surface area contributed by atoms with Crippen LogP contribution in [0.5, 0.6) is 0 Å². The summed E-state index contributed by atoms with van der Waals surface area (Å²) in [6, 6.07) is 49.4. The smallest absolute Gasteiger partial charge is 0.160 e. The number of rotatable bonds is 3. The minimum atomic E-state index is -0.192. The van der Waals surface area contributed by atoms with E-state index in [0.717, 1.165) is 50.4 Å². The first kappa shape index (κ1) is 29.5. The summed E-state index contributed by atoms with van der Waals surface area (Å²) in [4.78, 5) is 10.3. The predicted octanol–water partition coefficient (Wildman–Crippen LogP) is 12.2. The van der Waals surface area contributed by atoms with Gasteiger partial charge in [0.15, 0.2) is 5.82 Å². The maximum absolute atomic E-state index is 6.43. The van der Waals surface area contributed by atoms with Crippen LogP contribution in [0.25, 0.3) is 78.2 Å². The number of aromatic nitrogens is 3. The zero-order valence-corrected chi connectivity index (χ0v) is 29.3. The normalized spacial score (nSPS) is 18.6. The molecule has 4 nitrogen and oxygen atoms in total. The van der Waals surface area contributed by atoms with Gasteiger partial charge in [0.1, 0.15) is 11.2 Å². The second kappa shape index (κ2) is 10.4. The van der Waals surface area contributed by atoms with Crippen molar-refractivity contribution < 1.29 is 4.42 Å². The van der Waals surface area contributed by atoms with E-state index in [-0.39, 0.29) is 16.7 Å². The molecule has 52 heavy (non-hydrogen) atoms. The molecule has 6 aromatic carbocycles. The van der Waals surface area contributed by atoms with Crippen molar-refractivity contribution in [1.82, 2.24) is 14.5 Å². The predicted molar refractivity (Wildman–Crippen MR) is 213 cm³/mol. The highest BCUT2D eigenvalue weighted by molar-refractivity contribution is 6.08. The van der Waals surface area contributed by atoms with Gasteiger partial charge in [-0.1, -0.05) is 130 Å². The van der Waals surface area contributed by atoms with Crippen LogP contribution in [0.3, 0.4) is 0 Å². The molecule has 0 saturated heterocycles. The first-order valence-corrected chi connectivity index (χ1v) is 18.1. The van der Waals surface area contributed by atoms with Gasteiger partial charge in [0, 0.05) is 49.7 Å². The largest absolute Gasteiger partial charge is 0.456 e. The Bertz CT molecular complexity index is 2960. The quantitative estimate of drug-likeness (QED) is 0.188. The van der Waals surface area contributed by atoms with E-state index in [1.54, 1.807) is 0 Å². The Kier molecular flexibility index (Phi) is 5.89. The molecule has 3 aromatic heterocycles. The fourth-order valence-corrected chi connectivity index (χ4v) is 9.92. The number of hydrogen-bond donors (Lipinski definition) is 0. The van der Waals surface area contributed by atoms with E-state index in [9.17, 15) is 0 Å². The molecule has 3 heterocycles. The summed E-state index contributed by atoms with van der Waals surface area (Å²) in [5.41, 5.74) is 13.2. The van der Waals surface area contributed by atoms with Crippen LogP contribution in [0.1, 0.15) is 49.1 Å². The zero-order valence-electron chi connectivity index (χ0n) is 29.3. The van der Waals surface area contributed by atoms with Crippen molar-refractivity contribution in [2.45, 2.75) is 37.5 Å². The lowest BCUT2D eigenvalue weighted by Gasteiger charge is -2.40.